The van der Waals surface area contributed by atoms with Gasteiger partial charge < -0.3 is 19.3 Å². The van der Waals surface area contributed by atoms with Crippen LogP contribution in [0.5, 0.6) is 0 Å². The van der Waals surface area contributed by atoms with Gasteiger partial charge in [-0.3, -0.25) is 9.59 Å². The van der Waals surface area contributed by atoms with E-state index in [0.29, 0.717) is 13.2 Å². The van der Waals surface area contributed by atoms with Gasteiger partial charge in [0.05, 0.1) is 25.0 Å². The number of nitrogens with zero attached hydrogens (tertiary/aromatic N) is 2. The predicted molar refractivity (Wildman–Crippen MR) is 262 cm³/mol. The number of ether oxygens (including phenoxy) is 2. The molecule has 0 aromatic heterocycles. The zero-order chi connectivity index (χ0) is 44.0. The first-order chi connectivity index (χ1) is 29.4. The first-order valence-corrected chi connectivity index (χ1v) is 26.4. The first kappa shape index (κ1) is 58.3. The molecule has 0 amide bonds. The molecule has 0 saturated carbocycles. The molecule has 0 aromatic carbocycles. The third-order valence-electron chi connectivity index (χ3n) is 12.3. The third kappa shape index (κ3) is 40.4. The molecule has 60 heavy (non-hydrogen) atoms. The van der Waals surface area contributed by atoms with Gasteiger partial charge in [-0.1, -0.05) is 186 Å². The Bertz CT molecular complexity index is 965. The Hall–Kier alpha value is -1.66. The highest BCUT2D eigenvalue weighted by Gasteiger charge is 2.20. The molecule has 0 saturated heterocycles. The summed E-state index contributed by atoms with van der Waals surface area (Å²) in [5.41, 5.74) is 0. The number of carbonyl (C=O) groups excluding carboxylic acids is 2. The zero-order valence-corrected chi connectivity index (χ0v) is 41.3. The summed E-state index contributed by atoms with van der Waals surface area (Å²) in [4.78, 5) is 30.8. The summed E-state index contributed by atoms with van der Waals surface area (Å²) < 4.78 is 11.6. The van der Waals surface area contributed by atoms with Crippen molar-refractivity contribution < 1.29 is 19.1 Å². The van der Waals surface area contributed by atoms with Gasteiger partial charge in [-0.2, -0.15) is 0 Å². The van der Waals surface area contributed by atoms with Gasteiger partial charge in [-0.25, -0.2) is 0 Å². The molecule has 0 spiro atoms. The number of allylic oxidation sites excluding steroid dienone is 3. The molecule has 2 unspecified atom stereocenters. The van der Waals surface area contributed by atoms with Crippen LogP contribution in [0, 0.1) is 11.8 Å². The van der Waals surface area contributed by atoms with E-state index >= 15 is 0 Å². The minimum atomic E-state index is 0.0484. The fourth-order valence-corrected chi connectivity index (χ4v) is 8.21. The first-order valence-electron chi connectivity index (χ1n) is 26.4. The van der Waals surface area contributed by atoms with Gasteiger partial charge in [-0.05, 0) is 111 Å². The van der Waals surface area contributed by atoms with Gasteiger partial charge in [-0.15, -0.1) is 0 Å². The van der Waals surface area contributed by atoms with Crippen molar-refractivity contribution >= 4 is 11.9 Å². The molecular weight excluding hydrogens is 741 g/mol. The van der Waals surface area contributed by atoms with Crippen LogP contribution in [-0.2, 0) is 19.1 Å². The normalized spacial score (nSPS) is 13.0. The van der Waals surface area contributed by atoms with E-state index in [1.54, 1.807) is 0 Å². The molecule has 354 valence electrons. The van der Waals surface area contributed by atoms with Crippen LogP contribution in [-0.4, -0.2) is 75.2 Å². The van der Waals surface area contributed by atoms with Crippen LogP contribution >= 0.6 is 0 Å². The van der Waals surface area contributed by atoms with E-state index in [9.17, 15) is 9.59 Å². The zero-order valence-electron chi connectivity index (χ0n) is 41.3. The molecule has 2 atom stereocenters. The number of esters is 2. The second-order valence-corrected chi connectivity index (χ2v) is 18.4. The number of rotatable bonds is 47. The van der Waals surface area contributed by atoms with Crippen molar-refractivity contribution in [1.29, 1.82) is 0 Å². The summed E-state index contributed by atoms with van der Waals surface area (Å²) in [6.45, 7) is 14.6. The molecule has 6 nitrogen and oxygen atoms in total. The lowest BCUT2D eigenvalue weighted by atomic mass is 9.94. The fraction of sp³-hybridized carbons (Fsp3) is 0.889. The molecule has 0 radical (unpaired) electrons. The van der Waals surface area contributed by atoms with Gasteiger partial charge >= 0.3 is 11.9 Å². The Morgan fingerprint density at radius 2 is 0.817 bits per heavy atom. The van der Waals surface area contributed by atoms with Gasteiger partial charge in [0, 0.05) is 13.1 Å². The second kappa shape index (κ2) is 46.8. The molecule has 0 N–H and O–H groups in total. The van der Waals surface area contributed by atoms with Crippen LogP contribution in [0.25, 0.3) is 0 Å². The van der Waals surface area contributed by atoms with Crippen LogP contribution in [0.1, 0.15) is 246 Å². The highest BCUT2D eigenvalue weighted by atomic mass is 16.5. The maximum atomic E-state index is 12.9. The highest BCUT2D eigenvalue weighted by Crippen LogP contribution is 2.22. The Labute approximate surface area is 375 Å². The lowest BCUT2D eigenvalue weighted by molar-refractivity contribution is -0.150. The quantitative estimate of drug-likeness (QED) is 0.0345. The summed E-state index contributed by atoms with van der Waals surface area (Å²) >= 11 is 0. The SMILES string of the molecule is C/C=C/CCCC(CCCCCCCC)C(=O)OCCCCCCCCCN(CCCCC/C=C/CCOC(=O)C(CCCCCC)CCCCCCCC)CCN(C)C. The average Bonchev–Trinajstić information content (AvgIpc) is 3.24. The number of carbonyl (C=O) groups is 2. The molecule has 0 heterocycles. The molecular formula is C54H104N2O4. The summed E-state index contributed by atoms with van der Waals surface area (Å²) in [6, 6.07) is 0. The van der Waals surface area contributed by atoms with Crippen LogP contribution in [0.4, 0.5) is 0 Å². The van der Waals surface area contributed by atoms with Crippen molar-refractivity contribution in [2.75, 3.05) is 53.5 Å². The molecule has 0 aliphatic heterocycles. The largest absolute Gasteiger partial charge is 0.465 e. The van der Waals surface area contributed by atoms with Crippen LogP contribution < -0.4 is 0 Å². The summed E-state index contributed by atoms with van der Waals surface area (Å²) in [6.07, 6.45) is 49.3. The highest BCUT2D eigenvalue weighted by molar-refractivity contribution is 5.72. The second-order valence-electron chi connectivity index (χ2n) is 18.4. The minimum absolute atomic E-state index is 0.0484. The minimum Gasteiger partial charge on any atom is -0.465 e. The molecule has 0 aliphatic carbocycles. The van der Waals surface area contributed by atoms with E-state index in [1.807, 2.05) is 0 Å². The number of likely N-dealkylation sites (N-methyl/N-ethyl adjacent to an activating group) is 1. The van der Waals surface area contributed by atoms with Crippen molar-refractivity contribution in [3.63, 3.8) is 0 Å². The monoisotopic (exact) mass is 845 g/mol. The van der Waals surface area contributed by atoms with Crippen LogP contribution in [0.2, 0.25) is 0 Å². The standard InChI is InChI=1S/C54H104N2O4/c1-7-11-15-19-27-35-43-51(41-33-17-13-9-3)53(57)59-49-39-31-25-21-23-29-37-45-56(48-47-55(5)6)46-38-30-24-22-26-32-40-50-60-54(58)52(42-34-18-14-10-4)44-36-28-20-16-12-8-2/h9,13,26,32,51-52H,7-8,10-12,14-25,27-31,33-50H2,1-6H3/b13-9+,32-26+. The molecule has 6 heteroatoms. The number of hydrogen-bond acceptors (Lipinski definition) is 6. The van der Waals surface area contributed by atoms with E-state index < -0.39 is 0 Å². The van der Waals surface area contributed by atoms with Gasteiger partial charge in [0.25, 0.3) is 0 Å². The topological polar surface area (TPSA) is 59.1 Å². The molecule has 0 rings (SSSR count). The number of hydrogen-bond donors (Lipinski definition) is 0. The van der Waals surface area contributed by atoms with Crippen molar-refractivity contribution in [1.82, 2.24) is 9.80 Å². The predicted octanol–water partition coefficient (Wildman–Crippen LogP) is 15.6. The Morgan fingerprint density at radius 3 is 1.33 bits per heavy atom. The van der Waals surface area contributed by atoms with E-state index in [4.69, 9.17) is 9.47 Å². The molecule has 0 fully saturated rings. The van der Waals surface area contributed by atoms with Crippen molar-refractivity contribution in [2.45, 2.75) is 246 Å². The van der Waals surface area contributed by atoms with Crippen molar-refractivity contribution in [3.05, 3.63) is 24.3 Å². The summed E-state index contributed by atoms with van der Waals surface area (Å²) in [5, 5.41) is 0. The van der Waals surface area contributed by atoms with Crippen LogP contribution in [0.15, 0.2) is 24.3 Å². The lowest BCUT2D eigenvalue weighted by Crippen LogP contribution is -2.33. The van der Waals surface area contributed by atoms with Crippen molar-refractivity contribution in [2.24, 2.45) is 11.8 Å². The number of unbranched alkanes of at least 4 members (excludes halogenated alkanes) is 23. The molecule has 0 bridgehead atoms. The Morgan fingerprint density at radius 1 is 0.417 bits per heavy atom. The fourth-order valence-electron chi connectivity index (χ4n) is 8.21. The maximum Gasteiger partial charge on any atom is 0.308 e. The summed E-state index contributed by atoms with van der Waals surface area (Å²) in [5.74, 6) is 0.281. The Balaban J connectivity index is 4.21. The van der Waals surface area contributed by atoms with E-state index in [0.717, 1.165) is 96.6 Å². The van der Waals surface area contributed by atoms with Crippen molar-refractivity contribution in [3.8, 4) is 0 Å². The third-order valence-corrected chi connectivity index (χ3v) is 12.3. The average molecular weight is 845 g/mol. The van der Waals surface area contributed by atoms with Gasteiger partial charge in [0.2, 0.25) is 0 Å². The summed E-state index contributed by atoms with van der Waals surface area (Å²) in [7, 11) is 4.36. The molecule has 0 aliphatic rings. The molecule has 0 aromatic rings. The smallest absolute Gasteiger partial charge is 0.308 e. The lowest BCUT2D eigenvalue weighted by Gasteiger charge is -2.24. The van der Waals surface area contributed by atoms with Gasteiger partial charge in [0.15, 0.2) is 0 Å². The van der Waals surface area contributed by atoms with E-state index in [2.05, 4.69) is 75.9 Å². The van der Waals surface area contributed by atoms with Gasteiger partial charge in [0.1, 0.15) is 0 Å². The van der Waals surface area contributed by atoms with E-state index in [1.165, 1.54) is 148 Å². The van der Waals surface area contributed by atoms with Crippen LogP contribution in [0.3, 0.4) is 0 Å². The Kier molecular flexibility index (Phi) is 45.5. The maximum absolute atomic E-state index is 12.9. The van der Waals surface area contributed by atoms with E-state index in [-0.39, 0.29) is 23.8 Å².